The van der Waals surface area contributed by atoms with Crippen LogP contribution in [0.2, 0.25) is 0 Å². The number of hydrogen-bond donors (Lipinski definition) is 3. The molecular formula is C20H25N3O2. The highest BCUT2D eigenvalue weighted by atomic mass is 16.5. The van der Waals surface area contributed by atoms with E-state index in [1.807, 2.05) is 36.4 Å². The molecular weight excluding hydrogens is 314 g/mol. The minimum absolute atomic E-state index is 0.124. The van der Waals surface area contributed by atoms with Crippen LogP contribution in [0, 0.1) is 0 Å². The topological polar surface area (TPSA) is 62.4 Å². The van der Waals surface area contributed by atoms with Crippen LogP contribution in [0.5, 0.6) is 5.75 Å². The average molecular weight is 339 g/mol. The van der Waals surface area contributed by atoms with Crippen molar-refractivity contribution in [1.82, 2.24) is 10.6 Å². The molecule has 132 valence electrons. The number of carbonyl (C=O) groups is 1. The molecule has 0 spiro atoms. The number of anilines is 1. The first-order chi connectivity index (χ1) is 12.1. The van der Waals surface area contributed by atoms with E-state index in [1.54, 1.807) is 7.11 Å². The lowest BCUT2D eigenvalue weighted by Crippen LogP contribution is -2.30. The molecule has 0 unspecified atom stereocenters. The first-order valence-electron chi connectivity index (χ1n) is 8.68. The van der Waals surface area contributed by atoms with Crippen LogP contribution >= 0.6 is 0 Å². The van der Waals surface area contributed by atoms with Gasteiger partial charge in [0.15, 0.2) is 0 Å². The van der Waals surface area contributed by atoms with Gasteiger partial charge < -0.3 is 20.7 Å². The molecule has 0 bridgehead atoms. The van der Waals surface area contributed by atoms with Crippen molar-refractivity contribution in [3.63, 3.8) is 0 Å². The molecule has 3 rings (SSSR count). The summed E-state index contributed by atoms with van der Waals surface area (Å²) in [7, 11) is 1.67. The van der Waals surface area contributed by atoms with Crippen LogP contribution in [-0.4, -0.2) is 19.2 Å². The van der Waals surface area contributed by atoms with Gasteiger partial charge in [-0.2, -0.15) is 0 Å². The Hall–Kier alpha value is -2.53. The van der Waals surface area contributed by atoms with Crippen molar-refractivity contribution in [3.05, 3.63) is 59.7 Å². The van der Waals surface area contributed by atoms with Gasteiger partial charge in [0.1, 0.15) is 5.75 Å². The van der Waals surface area contributed by atoms with Crippen molar-refractivity contribution >= 4 is 11.7 Å². The molecule has 0 aliphatic heterocycles. The Bertz CT molecular complexity index is 694. The van der Waals surface area contributed by atoms with Gasteiger partial charge in [0.05, 0.1) is 7.11 Å². The normalized spacial score (nSPS) is 14.6. The highest BCUT2D eigenvalue weighted by Gasteiger charge is 2.23. The quantitative estimate of drug-likeness (QED) is 0.718. The highest BCUT2D eigenvalue weighted by molar-refractivity contribution is 5.89. The van der Waals surface area contributed by atoms with Crippen molar-refractivity contribution < 1.29 is 9.53 Å². The molecule has 5 heteroatoms. The summed E-state index contributed by atoms with van der Waals surface area (Å²) < 4.78 is 5.17. The maximum Gasteiger partial charge on any atom is 0.319 e. The second kappa shape index (κ2) is 8.03. The summed E-state index contributed by atoms with van der Waals surface area (Å²) in [5, 5.41) is 9.29. The molecule has 0 saturated heterocycles. The molecule has 0 radical (unpaired) electrons. The summed E-state index contributed by atoms with van der Waals surface area (Å²) in [6.45, 7) is 2.92. The Kier molecular flexibility index (Phi) is 5.56. The zero-order valence-corrected chi connectivity index (χ0v) is 14.7. The van der Waals surface area contributed by atoms with Crippen LogP contribution in [0.25, 0.3) is 0 Å². The Morgan fingerprint density at radius 1 is 1.12 bits per heavy atom. The van der Waals surface area contributed by atoms with E-state index in [1.165, 1.54) is 11.1 Å². The van der Waals surface area contributed by atoms with Gasteiger partial charge in [-0.1, -0.05) is 24.3 Å². The maximum atomic E-state index is 11.7. The Labute approximate surface area is 148 Å². The van der Waals surface area contributed by atoms with Crippen LogP contribution < -0.4 is 20.7 Å². The number of urea groups is 1. The third kappa shape index (κ3) is 5.22. The van der Waals surface area contributed by atoms with Gasteiger partial charge in [0.2, 0.25) is 0 Å². The number of hydrogen-bond acceptors (Lipinski definition) is 3. The standard InChI is InChI=1S/C20H25N3O2/c1-14(21-13-15-3-11-19(25-2)12-4-15)16-5-7-17(8-6-16)22-20(24)23-18-9-10-18/h3-8,11-12,14,18,21H,9-10,13H2,1-2H3,(H2,22,23,24)/t14-/m1/s1. The number of methoxy groups -OCH3 is 1. The smallest absolute Gasteiger partial charge is 0.319 e. The summed E-state index contributed by atoms with van der Waals surface area (Å²) in [5.74, 6) is 0.866. The van der Waals surface area contributed by atoms with Crippen LogP contribution in [0.3, 0.4) is 0 Å². The second-order valence-electron chi connectivity index (χ2n) is 6.45. The van der Waals surface area contributed by atoms with E-state index in [0.717, 1.165) is 30.8 Å². The van der Waals surface area contributed by atoms with Crippen LogP contribution in [0.1, 0.15) is 36.9 Å². The van der Waals surface area contributed by atoms with Crippen molar-refractivity contribution in [2.24, 2.45) is 0 Å². The zero-order valence-electron chi connectivity index (χ0n) is 14.7. The fourth-order valence-electron chi connectivity index (χ4n) is 2.57. The number of nitrogens with one attached hydrogen (secondary N) is 3. The fourth-order valence-corrected chi connectivity index (χ4v) is 2.57. The van der Waals surface area contributed by atoms with E-state index in [0.29, 0.717) is 6.04 Å². The molecule has 0 heterocycles. The van der Waals surface area contributed by atoms with E-state index in [-0.39, 0.29) is 12.1 Å². The lowest BCUT2D eigenvalue weighted by Gasteiger charge is -2.15. The molecule has 2 aromatic carbocycles. The van der Waals surface area contributed by atoms with E-state index in [2.05, 4.69) is 35.0 Å². The summed E-state index contributed by atoms with van der Waals surface area (Å²) in [6.07, 6.45) is 2.17. The molecule has 1 atom stereocenters. The lowest BCUT2D eigenvalue weighted by molar-refractivity contribution is 0.251. The maximum absolute atomic E-state index is 11.7. The Morgan fingerprint density at radius 3 is 2.40 bits per heavy atom. The van der Waals surface area contributed by atoms with Gasteiger partial charge in [-0.05, 0) is 55.2 Å². The fraction of sp³-hybridized carbons (Fsp3) is 0.350. The van der Waals surface area contributed by atoms with E-state index in [9.17, 15) is 4.79 Å². The van der Waals surface area contributed by atoms with Gasteiger partial charge in [-0.15, -0.1) is 0 Å². The third-order valence-corrected chi connectivity index (χ3v) is 4.35. The minimum Gasteiger partial charge on any atom is -0.497 e. The third-order valence-electron chi connectivity index (χ3n) is 4.35. The lowest BCUT2D eigenvalue weighted by atomic mass is 10.1. The molecule has 5 nitrogen and oxygen atoms in total. The minimum atomic E-state index is -0.124. The SMILES string of the molecule is COc1ccc(CN[C@H](C)c2ccc(NC(=O)NC3CC3)cc2)cc1. The Balaban J connectivity index is 1.49. The van der Waals surface area contributed by atoms with E-state index in [4.69, 9.17) is 4.74 Å². The van der Waals surface area contributed by atoms with Crippen molar-refractivity contribution in [3.8, 4) is 5.75 Å². The molecule has 0 aromatic heterocycles. The van der Waals surface area contributed by atoms with Gasteiger partial charge in [-0.25, -0.2) is 4.79 Å². The molecule has 25 heavy (non-hydrogen) atoms. The summed E-state index contributed by atoms with van der Waals surface area (Å²) >= 11 is 0. The number of carbonyl (C=O) groups excluding carboxylic acids is 1. The Morgan fingerprint density at radius 2 is 1.80 bits per heavy atom. The van der Waals surface area contributed by atoms with Gasteiger partial charge >= 0.3 is 6.03 Å². The van der Waals surface area contributed by atoms with Gasteiger partial charge in [0, 0.05) is 24.3 Å². The monoisotopic (exact) mass is 339 g/mol. The summed E-state index contributed by atoms with van der Waals surface area (Å²) in [4.78, 5) is 11.7. The molecule has 2 aromatic rings. The molecule has 1 aliphatic carbocycles. The van der Waals surface area contributed by atoms with Crippen molar-refractivity contribution in [2.45, 2.75) is 38.4 Å². The van der Waals surface area contributed by atoms with Gasteiger partial charge in [0.25, 0.3) is 0 Å². The van der Waals surface area contributed by atoms with Crippen molar-refractivity contribution in [1.29, 1.82) is 0 Å². The number of rotatable bonds is 7. The van der Waals surface area contributed by atoms with Crippen LogP contribution in [0.15, 0.2) is 48.5 Å². The van der Waals surface area contributed by atoms with Crippen LogP contribution in [0.4, 0.5) is 10.5 Å². The van der Waals surface area contributed by atoms with Crippen molar-refractivity contribution in [2.75, 3.05) is 12.4 Å². The molecule has 1 aliphatic rings. The first kappa shape index (κ1) is 17.3. The summed E-state index contributed by atoms with van der Waals surface area (Å²) in [6, 6.07) is 16.5. The molecule has 1 fully saturated rings. The largest absolute Gasteiger partial charge is 0.497 e. The predicted octanol–water partition coefficient (Wildman–Crippen LogP) is 3.83. The van der Waals surface area contributed by atoms with Crippen LogP contribution in [-0.2, 0) is 6.54 Å². The molecule has 1 saturated carbocycles. The molecule has 2 amide bonds. The van der Waals surface area contributed by atoms with E-state index < -0.39 is 0 Å². The predicted molar refractivity (Wildman–Crippen MR) is 99.9 cm³/mol. The summed E-state index contributed by atoms with van der Waals surface area (Å²) in [5.41, 5.74) is 3.20. The number of ether oxygens (including phenoxy) is 1. The van der Waals surface area contributed by atoms with Gasteiger partial charge in [-0.3, -0.25) is 0 Å². The molecule has 3 N–H and O–H groups in total. The second-order valence-corrected chi connectivity index (χ2v) is 6.45. The average Bonchev–Trinajstić information content (AvgIpc) is 3.44. The zero-order chi connectivity index (χ0) is 17.6. The number of benzene rings is 2. The number of amides is 2. The first-order valence-corrected chi connectivity index (χ1v) is 8.68. The van der Waals surface area contributed by atoms with E-state index >= 15 is 0 Å². The highest BCUT2D eigenvalue weighted by Crippen LogP contribution is 2.20.